The van der Waals surface area contributed by atoms with E-state index in [0.717, 1.165) is 50.9 Å². The summed E-state index contributed by atoms with van der Waals surface area (Å²) in [5.41, 5.74) is 11.7. The SMILES string of the molecule is CCN(CC1CC=C(n2ccc(NC(=O)N3CCN(C(=O)C(C)(C)N)CC3)nc2=O)CC1)[C@H]1CC[C@H](N)CC1. The summed E-state index contributed by atoms with van der Waals surface area (Å²) < 4.78 is 1.59. The predicted molar refractivity (Wildman–Crippen MR) is 153 cm³/mol. The fourth-order valence-electron chi connectivity index (χ4n) is 5.99. The first-order chi connectivity index (χ1) is 18.5. The summed E-state index contributed by atoms with van der Waals surface area (Å²) >= 11 is 0. The maximum atomic E-state index is 12.8. The normalized spacial score (nSPS) is 24.5. The Morgan fingerprint density at radius 1 is 1.10 bits per heavy atom. The molecule has 1 atom stereocenters. The molecule has 1 aliphatic heterocycles. The van der Waals surface area contributed by atoms with Crippen molar-refractivity contribution in [3.05, 3.63) is 28.8 Å². The van der Waals surface area contributed by atoms with Gasteiger partial charge in [-0.1, -0.05) is 13.0 Å². The Bertz CT molecular complexity index is 1090. The molecule has 3 amide bonds. The number of allylic oxidation sites excluding steroid dienone is 2. The van der Waals surface area contributed by atoms with Gasteiger partial charge in [0.25, 0.3) is 0 Å². The first-order valence-electron chi connectivity index (χ1n) is 14.5. The molecule has 0 aromatic carbocycles. The molecule has 5 N–H and O–H groups in total. The molecule has 2 fully saturated rings. The van der Waals surface area contributed by atoms with Crippen molar-refractivity contribution in [2.45, 2.75) is 83.3 Å². The zero-order valence-electron chi connectivity index (χ0n) is 23.8. The first-order valence-corrected chi connectivity index (χ1v) is 14.5. The van der Waals surface area contributed by atoms with Crippen LogP contribution in [0, 0.1) is 5.92 Å². The number of nitrogens with two attached hydrogens (primary N) is 2. The van der Waals surface area contributed by atoms with Crippen LogP contribution in [0.2, 0.25) is 0 Å². The number of rotatable bonds is 7. The number of hydrogen-bond acceptors (Lipinski definition) is 7. The highest BCUT2D eigenvalue weighted by molar-refractivity contribution is 5.89. The standard InChI is InChI=1S/C28H46N8O3/c1-4-33(22-11-7-21(29)8-12-22)19-20-5-9-23(10-6-20)36-14-13-24(32-27(36)39)31-26(38)35-17-15-34(16-18-35)25(37)28(2,3)30/h9,13-14,20-22H,4-8,10-12,15-19,29-30H2,1-3H3,(H,31,32,38,39)/t20?,21-,22-. The van der Waals surface area contributed by atoms with Crippen LogP contribution in [0.5, 0.6) is 0 Å². The average Bonchev–Trinajstić information content (AvgIpc) is 2.92. The predicted octanol–water partition coefficient (Wildman–Crippen LogP) is 1.89. The minimum atomic E-state index is -0.938. The van der Waals surface area contributed by atoms with Crippen molar-refractivity contribution in [3.8, 4) is 0 Å². The Labute approximate surface area is 231 Å². The first kappa shape index (κ1) is 29.2. The van der Waals surface area contributed by atoms with E-state index >= 15 is 0 Å². The van der Waals surface area contributed by atoms with E-state index in [2.05, 4.69) is 28.2 Å². The minimum Gasteiger partial charge on any atom is -0.338 e. The van der Waals surface area contributed by atoms with Crippen molar-refractivity contribution < 1.29 is 9.59 Å². The number of amides is 3. The fraction of sp³-hybridized carbons (Fsp3) is 0.714. The largest absolute Gasteiger partial charge is 0.353 e. The van der Waals surface area contributed by atoms with Crippen molar-refractivity contribution in [2.24, 2.45) is 17.4 Å². The molecule has 0 radical (unpaired) electrons. The van der Waals surface area contributed by atoms with Crippen LogP contribution in [-0.2, 0) is 4.79 Å². The van der Waals surface area contributed by atoms with Gasteiger partial charge >= 0.3 is 11.7 Å². The number of piperazine rings is 1. The molecule has 1 aromatic heterocycles. The summed E-state index contributed by atoms with van der Waals surface area (Å²) in [6.45, 7) is 9.37. The van der Waals surface area contributed by atoms with Gasteiger partial charge < -0.3 is 26.2 Å². The lowest BCUT2D eigenvalue weighted by Crippen LogP contribution is -2.58. The number of aromatic nitrogens is 2. The summed E-state index contributed by atoms with van der Waals surface area (Å²) in [5, 5.41) is 2.73. The second-order valence-corrected chi connectivity index (χ2v) is 11.9. The molecule has 2 aliphatic carbocycles. The van der Waals surface area contributed by atoms with Gasteiger partial charge in [-0.2, -0.15) is 4.98 Å². The van der Waals surface area contributed by atoms with Gasteiger partial charge in [0.15, 0.2) is 0 Å². The van der Waals surface area contributed by atoms with Gasteiger partial charge in [-0.15, -0.1) is 0 Å². The highest BCUT2D eigenvalue weighted by Gasteiger charge is 2.31. The Hall–Kier alpha value is -2.76. The number of anilines is 1. The van der Waals surface area contributed by atoms with Crippen LogP contribution in [0.15, 0.2) is 23.1 Å². The summed E-state index contributed by atoms with van der Waals surface area (Å²) in [7, 11) is 0. The number of nitrogens with zero attached hydrogens (tertiary/aromatic N) is 5. The number of nitrogens with one attached hydrogen (secondary N) is 1. The third-order valence-electron chi connectivity index (χ3n) is 8.41. The third-order valence-corrected chi connectivity index (χ3v) is 8.41. The van der Waals surface area contributed by atoms with Crippen LogP contribution in [0.1, 0.15) is 65.7 Å². The van der Waals surface area contributed by atoms with Crippen LogP contribution in [0.25, 0.3) is 5.70 Å². The van der Waals surface area contributed by atoms with Crippen molar-refractivity contribution in [3.63, 3.8) is 0 Å². The lowest BCUT2D eigenvalue weighted by molar-refractivity contribution is -0.137. The van der Waals surface area contributed by atoms with Crippen LogP contribution in [-0.4, -0.2) is 93.1 Å². The van der Waals surface area contributed by atoms with Crippen molar-refractivity contribution in [2.75, 3.05) is 44.6 Å². The second kappa shape index (κ2) is 12.6. The Morgan fingerprint density at radius 3 is 2.33 bits per heavy atom. The second-order valence-electron chi connectivity index (χ2n) is 11.9. The quantitative estimate of drug-likeness (QED) is 0.477. The van der Waals surface area contributed by atoms with E-state index in [1.165, 1.54) is 12.8 Å². The molecule has 11 heteroatoms. The van der Waals surface area contributed by atoms with E-state index in [1.807, 2.05) is 0 Å². The van der Waals surface area contributed by atoms with E-state index in [-0.39, 0.29) is 17.8 Å². The van der Waals surface area contributed by atoms with Crippen molar-refractivity contribution in [1.29, 1.82) is 0 Å². The number of hydrogen-bond donors (Lipinski definition) is 3. The van der Waals surface area contributed by atoms with E-state index in [1.54, 1.807) is 40.5 Å². The molecule has 216 valence electrons. The van der Waals surface area contributed by atoms with Crippen LogP contribution < -0.4 is 22.5 Å². The van der Waals surface area contributed by atoms with Gasteiger partial charge in [0.2, 0.25) is 5.91 Å². The Kier molecular flexibility index (Phi) is 9.45. The molecule has 3 aliphatic rings. The van der Waals surface area contributed by atoms with Gasteiger partial charge in [-0.25, -0.2) is 9.59 Å². The maximum absolute atomic E-state index is 12.8. The molecule has 39 heavy (non-hydrogen) atoms. The topological polar surface area (TPSA) is 143 Å². The summed E-state index contributed by atoms with van der Waals surface area (Å²) in [4.78, 5) is 48.0. The lowest BCUT2D eigenvalue weighted by atomic mass is 9.88. The molecule has 1 saturated carbocycles. The summed E-state index contributed by atoms with van der Waals surface area (Å²) in [6.07, 6.45) is 11.3. The smallest absolute Gasteiger partial charge is 0.338 e. The Morgan fingerprint density at radius 2 is 1.77 bits per heavy atom. The van der Waals surface area contributed by atoms with Crippen molar-refractivity contribution in [1.82, 2.24) is 24.3 Å². The molecule has 0 bridgehead atoms. The van der Waals surface area contributed by atoms with Gasteiger partial charge in [0.1, 0.15) is 5.82 Å². The van der Waals surface area contributed by atoms with Crippen LogP contribution >= 0.6 is 0 Å². The summed E-state index contributed by atoms with van der Waals surface area (Å²) in [6, 6.07) is 2.33. The maximum Gasteiger partial charge on any atom is 0.353 e. The number of carbonyl (C=O) groups is 2. The van der Waals surface area contributed by atoms with Crippen molar-refractivity contribution >= 4 is 23.5 Å². The average molecular weight is 543 g/mol. The number of urea groups is 1. The van der Waals surface area contributed by atoms with E-state index in [4.69, 9.17) is 11.5 Å². The molecule has 1 aromatic rings. The summed E-state index contributed by atoms with van der Waals surface area (Å²) in [5.74, 6) is 0.675. The highest BCUT2D eigenvalue weighted by atomic mass is 16.2. The highest BCUT2D eigenvalue weighted by Crippen LogP contribution is 2.29. The van der Waals surface area contributed by atoms with Gasteiger partial charge in [-0.05, 0) is 77.3 Å². The monoisotopic (exact) mass is 542 g/mol. The van der Waals surface area contributed by atoms with Crippen LogP contribution in [0.3, 0.4) is 0 Å². The van der Waals surface area contributed by atoms with Gasteiger partial charge in [0.05, 0.1) is 5.54 Å². The lowest BCUT2D eigenvalue weighted by Gasteiger charge is -2.38. The van der Waals surface area contributed by atoms with E-state index < -0.39 is 11.2 Å². The Balaban J connectivity index is 1.28. The molecule has 1 saturated heterocycles. The molecule has 4 rings (SSSR count). The molecular weight excluding hydrogens is 496 g/mol. The molecule has 2 heterocycles. The third kappa shape index (κ3) is 7.46. The van der Waals surface area contributed by atoms with Gasteiger partial charge in [-0.3, -0.25) is 14.7 Å². The number of carbonyl (C=O) groups excluding carboxylic acids is 2. The van der Waals surface area contributed by atoms with E-state index in [0.29, 0.717) is 44.2 Å². The molecule has 1 unspecified atom stereocenters. The molecule has 0 spiro atoms. The fourth-order valence-corrected chi connectivity index (χ4v) is 5.99. The molecule has 11 nitrogen and oxygen atoms in total. The van der Waals surface area contributed by atoms with Crippen LogP contribution in [0.4, 0.5) is 10.6 Å². The zero-order valence-corrected chi connectivity index (χ0v) is 23.8. The van der Waals surface area contributed by atoms with Gasteiger partial charge in [0, 0.05) is 56.7 Å². The van der Waals surface area contributed by atoms with E-state index in [9.17, 15) is 14.4 Å². The minimum absolute atomic E-state index is 0.131. The zero-order chi connectivity index (χ0) is 28.2. The molecular formula is C28H46N8O3.